The zero-order valence-electron chi connectivity index (χ0n) is 8.27. The van der Waals surface area contributed by atoms with E-state index >= 15 is 0 Å². The number of nitrogen functional groups attached to an aromatic ring is 1. The van der Waals surface area contributed by atoms with Crippen molar-refractivity contribution in [2.45, 2.75) is 18.9 Å². The maximum absolute atomic E-state index is 7.91. The van der Waals surface area contributed by atoms with E-state index in [4.69, 9.17) is 16.6 Å². The summed E-state index contributed by atoms with van der Waals surface area (Å²) in [5.74, 6) is 0.651. The number of anilines is 1. The molecule has 1 fully saturated rings. The van der Waals surface area contributed by atoms with Crippen molar-refractivity contribution < 1.29 is 0 Å². The molecule has 4 N–H and O–H groups in total. The number of amidine groups is 1. The topological polar surface area (TPSA) is 89.9 Å². The summed E-state index contributed by atoms with van der Waals surface area (Å²) < 4.78 is 0. The fraction of sp³-hybridized carbons (Fsp3) is 0.300. The summed E-state index contributed by atoms with van der Waals surface area (Å²) in [6, 6.07) is 5.49. The van der Waals surface area contributed by atoms with Gasteiger partial charge in [0.15, 0.2) is 5.84 Å². The minimum Gasteiger partial charge on any atom is -0.384 e. The molecule has 1 aliphatic rings. The Labute approximate surface area is 87.9 Å². The molecule has 78 valence electrons. The summed E-state index contributed by atoms with van der Waals surface area (Å²) in [6.07, 6.45) is 3.27. The van der Waals surface area contributed by atoms with Gasteiger partial charge in [-0.15, -0.1) is 0 Å². The number of hydrogen-bond donors (Lipinski definition) is 3. The molecule has 1 aromatic heterocycles. The Hall–Kier alpha value is -1.91. The summed E-state index contributed by atoms with van der Waals surface area (Å²) in [5, 5.41) is 15.2. The first-order valence-corrected chi connectivity index (χ1v) is 4.83. The van der Waals surface area contributed by atoms with E-state index < -0.39 is 0 Å². The molecule has 5 nitrogen and oxygen atoms in total. The summed E-state index contributed by atoms with van der Waals surface area (Å²) in [6.45, 7) is 0. The van der Waals surface area contributed by atoms with Gasteiger partial charge in [0.1, 0.15) is 11.5 Å². The highest BCUT2D eigenvalue weighted by Gasteiger charge is 2.30. The highest BCUT2D eigenvalue weighted by atomic mass is 15.2. The SMILES string of the molecule is N=CN(C(=N)c1cccc(N)n1)C1CC1. The molecule has 2 rings (SSSR count). The van der Waals surface area contributed by atoms with E-state index in [2.05, 4.69) is 4.98 Å². The minimum atomic E-state index is 0.250. The normalized spacial score (nSPS) is 14.7. The summed E-state index contributed by atoms with van der Waals surface area (Å²) in [7, 11) is 0. The lowest BCUT2D eigenvalue weighted by Crippen LogP contribution is -2.32. The Morgan fingerprint density at radius 3 is 2.80 bits per heavy atom. The molecule has 0 saturated heterocycles. The number of nitrogens with zero attached hydrogens (tertiary/aromatic N) is 2. The molecular weight excluding hydrogens is 190 g/mol. The van der Waals surface area contributed by atoms with E-state index in [0.29, 0.717) is 17.6 Å². The number of hydrogen-bond acceptors (Lipinski definition) is 4. The standard InChI is InChI=1S/C10H13N5/c11-6-15(7-4-5-7)10(13)8-2-1-3-9(12)14-8/h1-3,6-7,11,13H,4-5H2,(H2,12,14). The molecule has 0 bridgehead atoms. The molecule has 0 unspecified atom stereocenters. The molecule has 1 saturated carbocycles. The molecule has 1 heterocycles. The second-order valence-electron chi connectivity index (χ2n) is 3.56. The number of pyridine rings is 1. The Morgan fingerprint density at radius 2 is 2.27 bits per heavy atom. The molecule has 0 atom stereocenters. The molecule has 0 aliphatic heterocycles. The average molecular weight is 203 g/mol. The van der Waals surface area contributed by atoms with Crippen LogP contribution in [0.2, 0.25) is 0 Å². The van der Waals surface area contributed by atoms with Crippen molar-refractivity contribution in [1.29, 1.82) is 10.8 Å². The molecule has 1 aliphatic carbocycles. The molecular formula is C10H13N5. The Balaban J connectivity index is 2.22. The van der Waals surface area contributed by atoms with Gasteiger partial charge in [0.05, 0.1) is 6.34 Å². The number of nitrogens with two attached hydrogens (primary N) is 1. The van der Waals surface area contributed by atoms with Gasteiger partial charge in [0, 0.05) is 6.04 Å². The minimum absolute atomic E-state index is 0.250. The van der Waals surface area contributed by atoms with Crippen LogP contribution in [0.15, 0.2) is 18.2 Å². The van der Waals surface area contributed by atoms with E-state index in [1.807, 2.05) is 0 Å². The van der Waals surface area contributed by atoms with E-state index in [0.717, 1.165) is 12.8 Å². The second-order valence-corrected chi connectivity index (χ2v) is 3.56. The van der Waals surface area contributed by atoms with Crippen molar-refractivity contribution in [3.8, 4) is 0 Å². The van der Waals surface area contributed by atoms with Crippen LogP contribution in [0.3, 0.4) is 0 Å². The maximum atomic E-state index is 7.91. The Bertz CT molecular complexity index is 397. The first-order chi connectivity index (χ1) is 7.22. The highest BCUT2D eigenvalue weighted by Crippen LogP contribution is 2.26. The van der Waals surface area contributed by atoms with Gasteiger partial charge < -0.3 is 10.6 Å². The maximum Gasteiger partial charge on any atom is 0.152 e. The van der Waals surface area contributed by atoms with Crippen molar-refractivity contribution in [2.24, 2.45) is 0 Å². The van der Waals surface area contributed by atoms with Gasteiger partial charge >= 0.3 is 0 Å². The van der Waals surface area contributed by atoms with E-state index in [9.17, 15) is 0 Å². The van der Waals surface area contributed by atoms with E-state index in [1.54, 1.807) is 23.1 Å². The lowest BCUT2D eigenvalue weighted by atomic mass is 10.3. The van der Waals surface area contributed by atoms with E-state index in [1.165, 1.54) is 6.34 Å². The van der Waals surface area contributed by atoms with Gasteiger partial charge in [-0.1, -0.05) is 6.07 Å². The summed E-state index contributed by atoms with van der Waals surface area (Å²) >= 11 is 0. The zero-order valence-corrected chi connectivity index (χ0v) is 8.27. The molecule has 0 spiro atoms. The highest BCUT2D eigenvalue weighted by molar-refractivity contribution is 6.01. The predicted octanol–water partition coefficient (Wildman–Crippen LogP) is 1.06. The van der Waals surface area contributed by atoms with E-state index in [-0.39, 0.29) is 5.84 Å². The van der Waals surface area contributed by atoms with Crippen LogP contribution in [-0.4, -0.2) is 28.1 Å². The zero-order chi connectivity index (χ0) is 10.8. The summed E-state index contributed by atoms with van der Waals surface area (Å²) in [4.78, 5) is 5.69. The molecule has 5 heteroatoms. The van der Waals surface area contributed by atoms with Crippen molar-refractivity contribution in [3.63, 3.8) is 0 Å². The van der Waals surface area contributed by atoms with Gasteiger partial charge in [-0.05, 0) is 25.0 Å². The van der Waals surface area contributed by atoms with Gasteiger partial charge in [-0.2, -0.15) is 0 Å². The van der Waals surface area contributed by atoms with Crippen LogP contribution in [0, 0.1) is 10.8 Å². The van der Waals surface area contributed by atoms with Gasteiger partial charge in [-0.25, -0.2) is 4.98 Å². The van der Waals surface area contributed by atoms with Crippen molar-refractivity contribution >= 4 is 18.0 Å². The van der Waals surface area contributed by atoms with Gasteiger partial charge in [0.25, 0.3) is 0 Å². The third kappa shape index (κ3) is 1.96. The van der Waals surface area contributed by atoms with Crippen LogP contribution in [-0.2, 0) is 0 Å². The Morgan fingerprint density at radius 1 is 1.53 bits per heavy atom. The van der Waals surface area contributed by atoms with Gasteiger partial charge in [-0.3, -0.25) is 10.8 Å². The quantitative estimate of drug-likeness (QED) is 0.507. The van der Waals surface area contributed by atoms with Crippen LogP contribution in [0.5, 0.6) is 0 Å². The molecule has 1 aromatic rings. The van der Waals surface area contributed by atoms with Crippen LogP contribution in [0.25, 0.3) is 0 Å². The smallest absolute Gasteiger partial charge is 0.152 e. The largest absolute Gasteiger partial charge is 0.384 e. The Kier molecular flexibility index (Phi) is 2.37. The van der Waals surface area contributed by atoms with Crippen LogP contribution < -0.4 is 5.73 Å². The van der Waals surface area contributed by atoms with Gasteiger partial charge in [0.2, 0.25) is 0 Å². The van der Waals surface area contributed by atoms with Crippen LogP contribution >= 0.6 is 0 Å². The lowest BCUT2D eigenvalue weighted by molar-refractivity contribution is 0.606. The summed E-state index contributed by atoms with van der Waals surface area (Å²) in [5.41, 5.74) is 6.07. The fourth-order valence-corrected chi connectivity index (χ4v) is 1.42. The van der Waals surface area contributed by atoms with Crippen LogP contribution in [0.1, 0.15) is 18.5 Å². The molecule has 0 amide bonds. The average Bonchev–Trinajstić information content (AvgIpc) is 3.03. The molecule has 0 radical (unpaired) electrons. The van der Waals surface area contributed by atoms with Crippen molar-refractivity contribution in [2.75, 3.05) is 5.73 Å². The lowest BCUT2D eigenvalue weighted by Gasteiger charge is -2.18. The first kappa shape index (κ1) is 9.64. The van der Waals surface area contributed by atoms with Crippen molar-refractivity contribution in [1.82, 2.24) is 9.88 Å². The number of aromatic nitrogens is 1. The van der Waals surface area contributed by atoms with Crippen LogP contribution in [0.4, 0.5) is 5.82 Å². The molecule has 0 aromatic carbocycles. The van der Waals surface area contributed by atoms with Crippen molar-refractivity contribution in [3.05, 3.63) is 23.9 Å². The predicted molar refractivity (Wildman–Crippen MR) is 59.1 cm³/mol. The first-order valence-electron chi connectivity index (χ1n) is 4.83. The third-order valence-electron chi connectivity index (χ3n) is 2.35. The fourth-order valence-electron chi connectivity index (χ4n) is 1.42. The monoisotopic (exact) mass is 203 g/mol. The third-order valence-corrected chi connectivity index (χ3v) is 2.35. The number of nitrogens with one attached hydrogen (secondary N) is 2. The second kappa shape index (κ2) is 3.68. The number of rotatable bonds is 3. The molecule has 15 heavy (non-hydrogen) atoms.